The molecule has 1 N–H and O–H groups in total. The number of aromatic nitrogens is 7. The molecule has 4 rings (SSSR count). The second-order valence-electron chi connectivity index (χ2n) is 6.10. The minimum Gasteiger partial charge on any atom is -0.391 e. The van der Waals surface area contributed by atoms with Crippen LogP contribution < -0.4 is 0 Å². The third kappa shape index (κ3) is 3.35. The van der Waals surface area contributed by atoms with Crippen molar-refractivity contribution in [1.29, 1.82) is 0 Å². The summed E-state index contributed by atoms with van der Waals surface area (Å²) in [5.41, 5.74) is 1.89. The van der Waals surface area contributed by atoms with Crippen LogP contribution in [0.3, 0.4) is 0 Å². The molecule has 9 heteroatoms. The van der Waals surface area contributed by atoms with Crippen molar-refractivity contribution in [2.24, 2.45) is 0 Å². The molecule has 0 aliphatic carbocycles. The number of benzene rings is 1. The Balaban J connectivity index is 1.74. The van der Waals surface area contributed by atoms with Crippen molar-refractivity contribution in [2.75, 3.05) is 0 Å². The first kappa shape index (κ1) is 16.8. The van der Waals surface area contributed by atoms with Gasteiger partial charge in [0.2, 0.25) is 0 Å². The van der Waals surface area contributed by atoms with Gasteiger partial charge in [0, 0.05) is 5.56 Å². The SMILES string of the molecule is CC[C@H](O)Cn1nc(Cn2cncn2)nc1-c1ccc2sc(C)nc2c1. The topological polar surface area (TPSA) is 94.5 Å². The quantitative estimate of drug-likeness (QED) is 0.560. The summed E-state index contributed by atoms with van der Waals surface area (Å²) in [5.74, 6) is 1.35. The summed E-state index contributed by atoms with van der Waals surface area (Å²) in [5, 5.41) is 19.8. The molecule has 0 spiro atoms. The Morgan fingerprint density at radius 3 is 2.92 bits per heavy atom. The second kappa shape index (κ2) is 6.93. The standard InChI is InChI=1S/C17H19N7OS/c1-3-13(25)7-24-17(21-16(22-24)8-23-10-18-9-19-23)12-4-5-15-14(6-12)20-11(2)26-15/h4-6,9-10,13,25H,3,7-8H2,1-2H3/t13-/m0/s1. The molecule has 0 bridgehead atoms. The van der Waals surface area contributed by atoms with Crippen LogP contribution >= 0.6 is 11.3 Å². The van der Waals surface area contributed by atoms with Crippen LogP contribution in [0.2, 0.25) is 0 Å². The molecule has 0 amide bonds. The summed E-state index contributed by atoms with van der Waals surface area (Å²) in [7, 11) is 0. The molecule has 4 aromatic rings. The van der Waals surface area contributed by atoms with E-state index >= 15 is 0 Å². The van der Waals surface area contributed by atoms with Crippen LogP contribution in [-0.4, -0.2) is 45.7 Å². The smallest absolute Gasteiger partial charge is 0.172 e. The average molecular weight is 369 g/mol. The highest BCUT2D eigenvalue weighted by Crippen LogP contribution is 2.27. The lowest BCUT2D eigenvalue weighted by Crippen LogP contribution is -2.17. The molecule has 0 fully saturated rings. The first-order chi connectivity index (χ1) is 12.6. The van der Waals surface area contributed by atoms with E-state index in [1.54, 1.807) is 27.0 Å². The number of aryl methyl sites for hydroxylation is 1. The molecule has 1 atom stereocenters. The van der Waals surface area contributed by atoms with Gasteiger partial charge in [-0.3, -0.25) is 0 Å². The van der Waals surface area contributed by atoms with Gasteiger partial charge in [-0.1, -0.05) is 6.92 Å². The lowest BCUT2D eigenvalue weighted by molar-refractivity contribution is 0.145. The van der Waals surface area contributed by atoms with Gasteiger partial charge in [-0.05, 0) is 31.5 Å². The maximum atomic E-state index is 10.1. The van der Waals surface area contributed by atoms with E-state index in [0.29, 0.717) is 25.3 Å². The van der Waals surface area contributed by atoms with Crippen molar-refractivity contribution in [3.8, 4) is 11.4 Å². The number of thiazole rings is 1. The number of hydrogen-bond acceptors (Lipinski definition) is 7. The van der Waals surface area contributed by atoms with Crippen molar-refractivity contribution >= 4 is 21.6 Å². The van der Waals surface area contributed by atoms with Crippen LogP contribution in [0.15, 0.2) is 30.9 Å². The molecule has 1 aromatic carbocycles. The lowest BCUT2D eigenvalue weighted by atomic mass is 10.2. The van der Waals surface area contributed by atoms with Gasteiger partial charge in [-0.25, -0.2) is 24.3 Å². The first-order valence-corrected chi connectivity index (χ1v) is 9.26. The third-order valence-corrected chi connectivity index (χ3v) is 5.05. The van der Waals surface area contributed by atoms with Crippen LogP contribution in [0.4, 0.5) is 0 Å². The van der Waals surface area contributed by atoms with Gasteiger partial charge >= 0.3 is 0 Å². The maximum absolute atomic E-state index is 10.1. The summed E-state index contributed by atoms with van der Waals surface area (Å²) < 4.78 is 4.58. The number of nitrogens with zero attached hydrogens (tertiary/aromatic N) is 7. The van der Waals surface area contributed by atoms with Gasteiger partial charge in [0.1, 0.15) is 19.2 Å². The maximum Gasteiger partial charge on any atom is 0.172 e. The first-order valence-electron chi connectivity index (χ1n) is 8.44. The Bertz CT molecular complexity index is 1020. The number of aliphatic hydroxyl groups excluding tert-OH is 1. The van der Waals surface area contributed by atoms with E-state index in [1.165, 1.54) is 6.33 Å². The highest BCUT2D eigenvalue weighted by atomic mass is 32.1. The predicted molar refractivity (Wildman–Crippen MR) is 98.8 cm³/mol. The Hall–Kier alpha value is -2.65. The zero-order chi connectivity index (χ0) is 18.1. The molecule has 0 saturated carbocycles. The van der Waals surface area contributed by atoms with E-state index in [9.17, 15) is 5.11 Å². The number of fused-ring (bicyclic) bond motifs is 1. The summed E-state index contributed by atoms with van der Waals surface area (Å²) in [6.07, 6.45) is 3.30. The molecule has 0 unspecified atom stereocenters. The van der Waals surface area contributed by atoms with Crippen molar-refractivity contribution in [3.05, 3.63) is 41.7 Å². The third-order valence-electron chi connectivity index (χ3n) is 4.09. The molecule has 3 aromatic heterocycles. The highest BCUT2D eigenvalue weighted by molar-refractivity contribution is 7.18. The van der Waals surface area contributed by atoms with E-state index in [2.05, 4.69) is 31.2 Å². The molecule has 134 valence electrons. The molecular weight excluding hydrogens is 350 g/mol. The summed E-state index contributed by atoms with van der Waals surface area (Å²) in [6.45, 7) is 4.77. The molecule has 26 heavy (non-hydrogen) atoms. The van der Waals surface area contributed by atoms with Crippen LogP contribution in [0.25, 0.3) is 21.6 Å². The fourth-order valence-corrected chi connectivity index (χ4v) is 3.57. The monoisotopic (exact) mass is 369 g/mol. The molecule has 0 saturated heterocycles. The largest absolute Gasteiger partial charge is 0.391 e. The zero-order valence-corrected chi connectivity index (χ0v) is 15.4. The highest BCUT2D eigenvalue weighted by Gasteiger charge is 2.16. The van der Waals surface area contributed by atoms with Crippen LogP contribution in [-0.2, 0) is 13.1 Å². The van der Waals surface area contributed by atoms with E-state index in [4.69, 9.17) is 0 Å². The van der Waals surface area contributed by atoms with E-state index in [0.717, 1.165) is 26.6 Å². The fraction of sp³-hybridized carbons (Fsp3) is 0.353. The molecule has 3 heterocycles. The Morgan fingerprint density at radius 2 is 2.15 bits per heavy atom. The molecule has 0 aliphatic rings. The fourth-order valence-electron chi connectivity index (χ4n) is 2.77. The second-order valence-corrected chi connectivity index (χ2v) is 7.34. The molecule has 8 nitrogen and oxygen atoms in total. The van der Waals surface area contributed by atoms with Gasteiger partial charge < -0.3 is 5.11 Å². The van der Waals surface area contributed by atoms with Crippen LogP contribution in [0.5, 0.6) is 0 Å². The number of rotatable bonds is 6. The van der Waals surface area contributed by atoms with Gasteiger partial charge in [-0.2, -0.15) is 10.2 Å². The summed E-state index contributed by atoms with van der Waals surface area (Å²) in [6, 6.07) is 6.11. The van der Waals surface area contributed by atoms with Crippen molar-refractivity contribution < 1.29 is 5.11 Å². The summed E-state index contributed by atoms with van der Waals surface area (Å²) in [4.78, 5) is 13.2. The van der Waals surface area contributed by atoms with E-state index < -0.39 is 6.10 Å². The Morgan fingerprint density at radius 1 is 1.27 bits per heavy atom. The van der Waals surface area contributed by atoms with Gasteiger partial charge in [0.15, 0.2) is 11.6 Å². The average Bonchev–Trinajstić information content (AvgIpc) is 3.34. The predicted octanol–water partition coefficient (Wildman–Crippen LogP) is 2.27. The van der Waals surface area contributed by atoms with Crippen LogP contribution in [0.1, 0.15) is 24.2 Å². The number of aliphatic hydroxyl groups is 1. The zero-order valence-electron chi connectivity index (χ0n) is 14.6. The lowest BCUT2D eigenvalue weighted by Gasteiger charge is -2.10. The van der Waals surface area contributed by atoms with Crippen LogP contribution in [0, 0.1) is 6.92 Å². The van der Waals surface area contributed by atoms with Crippen molar-refractivity contribution in [1.82, 2.24) is 34.5 Å². The van der Waals surface area contributed by atoms with Gasteiger partial charge in [-0.15, -0.1) is 11.3 Å². The minimum atomic E-state index is -0.472. The van der Waals surface area contributed by atoms with Gasteiger partial charge in [0.25, 0.3) is 0 Å². The number of hydrogen-bond donors (Lipinski definition) is 1. The molecule has 0 radical (unpaired) electrons. The van der Waals surface area contributed by atoms with Crippen molar-refractivity contribution in [3.63, 3.8) is 0 Å². The van der Waals surface area contributed by atoms with E-state index in [1.807, 2.05) is 26.0 Å². The van der Waals surface area contributed by atoms with E-state index in [-0.39, 0.29) is 0 Å². The molecule has 0 aliphatic heterocycles. The minimum absolute atomic E-state index is 0.393. The van der Waals surface area contributed by atoms with Gasteiger partial charge in [0.05, 0.1) is 27.9 Å². The normalized spacial score (nSPS) is 12.7. The Kier molecular flexibility index (Phi) is 4.48. The summed E-state index contributed by atoms with van der Waals surface area (Å²) >= 11 is 1.67. The van der Waals surface area contributed by atoms with Crippen molar-refractivity contribution in [2.45, 2.75) is 39.5 Å². The molecular formula is C17H19N7OS. The Labute approximate surface area is 154 Å².